The van der Waals surface area contributed by atoms with Gasteiger partial charge in [0.2, 0.25) is 0 Å². The number of aromatic nitrogens is 2. The van der Waals surface area contributed by atoms with E-state index in [1.54, 1.807) is 34.0 Å². The number of carboxylic acids is 1. The fourth-order valence-corrected chi connectivity index (χ4v) is 2.89. The van der Waals surface area contributed by atoms with E-state index in [9.17, 15) is 14.0 Å². The van der Waals surface area contributed by atoms with Crippen molar-refractivity contribution in [2.24, 2.45) is 5.92 Å². The lowest BCUT2D eigenvalue weighted by molar-refractivity contribution is -0.143. The summed E-state index contributed by atoms with van der Waals surface area (Å²) < 4.78 is 15.8. The molecule has 0 saturated carbocycles. The van der Waals surface area contributed by atoms with Crippen LogP contribution >= 0.6 is 0 Å². The lowest BCUT2D eigenvalue weighted by atomic mass is 9.97. The van der Waals surface area contributed by atoms with Crippen LogP contribution in [-0.2, 0) is 11.3 Å². The summed E-state index contributed by atoms with van der Waals surface area (Å²) >= 11 is 0. The van der Waals surface area contributed by atoms with Crippen molar-refractivity contribution in [3.05, 3.63) is 48.3 Å². The molecule has 25 heavy (non-hydrogen) atoms. The van der Waals surface area contributed by atoms with Gasteiger partial charge in [0.15, 0.2) is 0 Å². The van der Waals surface area contributed by atoms with Crippen molar-refractivity contribution in [2.75, 3.05) is 13.1 Å². The molecule has 2 amide bonds. The zero-order valence-corrected chi connectivity index (χ0v) is 13.6. The van der Waals surface area contributed by atoms with Gasteiger partial charge >= 0.3 is 12.0 Å². The zero-order valence-electron chi connectivity index (χ0n) is 13.6. The molecule has 2 N–H and O–H groups in total. The highest BCUT2D eigenvalue weighted by molar-refractivity contribution is 5.75. The Labute approximate surface area is 144 Å². The quantitative estimate of drug-likeness (QED) is 0.887. The number of urea groups is 1. The molecule has 0 spiro atoms. The van der Waals surface area contributed by atoms with Gasteiger partial charge in [0.05, 0.1) is 17.9 Å². The Morgan fingerprint density at radius 2 is 2.08 bits per heavy atom. The SMILES string of the molecule is O=C(O)C1CCN(C(=O)NCc2ccc(-n3ccnc3)c(F)c2)CC1. The monoisotopic (exact) mass is 346 g/mol. The van der Waals surface area contributed by atoms with E-state index in [2.05, 4.69) is 10.3 Å². The van der Waals surface area contributed by atoms with Crippen molar-refractivity contribution in [3.8, 4) is 5.69 Å². The molecule has 1 aromatic heterocycles. The number of carbonyl (C=O) groups is 2. The van der Waals surface area contributed by atoms with Crippen LogP contribution in [-0.4, -0.2) is 44.6 Å². The van der Waals surface area contributed by atoms with Crippen LogP contribution in [0.5, 0.6) is 0 Å². The van der Waals surface area contributed by atoms with Crippen LogP contribution < -0.4 is 5.32 Å². The summed E-state index contributed by atoms with van der Waals surface area (Å²) in [5.74, 6) is -1.59. The van der Waals surface area contributed by atoms with Gasteiger partial charge in [-0.25, -0.2) is 14.2 Å². The predicted octanol–water partition coefficient (Wildman–Crippen LogP) is 2.02. The van der Waals surface area contributed by atoms with Crippen molar-refractivity contribution >= 4 is 12.0 Å². The van der Waals surface area contributed by atoms with Crippen molar-refractivity contribution in [1.29, 1.82) is 0 Å². The largest absolute Gasteiger partial charge is 0.481 e. The van der Waals surface area contributed by atoms with Crippen molar-refractivity contribution in [2.45, 2.75) is 19.4 Å². The molecule has 1 aromatic carbocycles. The van der Waals surface area contributed by atoms with Gasteiger partial charge in [-0.05, 0) is 30.5 Å². The molecule has 2 aromatic rings. The maximum absolute atomic E-state index is 14.2. The summed E-state index contributed by atoms with van der Waals surface area (Å²) in [6.45, 7) is 1.03. The topological polar surface area (TPSA) is 87.5 Å². The molecule has 1 aliphatic rings. The molecule has 2 heterocycles. The van der Waals surface area contributed by atoms with Crippen LogP contribution in [0.3, 0.4) is 0 Å². The lowest BCUT2D eigenvalue weighted by Crippen LogP contribution is -2.45. The minimum Gasteiger partial charge on any atom is -0.481 e. The van der Waals surface area contributed by atoms with E-state index in [0.29, 0.717) is 37.2 Å². The average Bonchev–Trinajstić information content (AvgIpc) is 3.14. The number of nitrogens with zero attached hydrogens (tertiary/aromatic N) is 3. The van der Waals surface area contributed by atoms with Crippen molar-refractivity contribution < 1.29 is 19.1 Å². The van der Waals surface area contributed by atoms with E-state index < -0.39 is 11.8 Å². The fraction of sp³-hybridized carbons (Fsp3) is 0.353. The average molecular weight is 346 g/mol. The number of imidazole rings is 1. The number of benzene rings is 1. The van der Waals surface area contributed by atoms with Crippen molar-refractivity contribution in [3.63, 3.8) is 0 Å². The summed E-state index contributed by atoms with van der Waals surface area (Å²) in [7, 11) is 0. The third-order valence-electron chi connectivity index (χ3n) is 4.37. The van der Waals surface area contributed by atoms with E-state index in [1.165, 1.54) is 12.4 Å². The number of nitrogens with one attached hydrogen (secondary N) is 1. The second-order valence-electron chi connectivity index (χ2n) is 6.01. The summed E-state index contributed by atoms with van der Waals surface area (Å²) in [4.78, 5) is 28.6. The van der Waals surface area contributed by atoms with Crippen LogP contribution in [0.2, 0.25) is 0 Å². The van der Waals surface area contributed by atoms with Gasteiger partial charge in [0.1, 0.15) is 5.82 Å². The first kappa shape index (κ1) is 16.9. The molecular weight excluding hydrogens is 327 g/mol. The highest BCUT2D eigenvalue weighted by Gasteiger charge is 2.26. The van der Waals surface area contributed by atoms with Gasteiger partial charge in [-0.2, -0.15) is 0 Å². The molecule has 0 bridgehead atoms. The molecule has 0 aliphatic carbocycles. The summed E-state index contributed by atoms with van der Waals surface area (Å²) in [6, 6.07) is 4.50. The highest BCUT2D eigenvalue weighted by Crippen LogP contribution is 2.18. The Balaban J connectivity index is 1.54. The summed E-state index contributed by atoms with van der Waals surface area (Å²) in [5.41, 5.74) is 1.04. The first-order valence-electron chi connectivity index (χ1n) is 8.07. The lowest BCUT2D eigenvalue weighted by Gasteiger charge is -2.30. The number of hydrogen-bond donors (Lipinski definition) is 2. The third kappa shape index (κ3) is 3.96. The second kappa shape index (κ2) is 7.33. The molecule has 0 unspecified atom stereocenters. The Kier molecular flexibility index (Phi) is 4.97. The van der Waals surface area contributed by atoms with E-state index in [1.807, 2.05) is 0 Å². The molecule has 7 nitrogen and oxygen atoms in total. The summed E-state index contributed by atoms with van der Waals surface area (Å²) in [5, 5.41) is 11.7. The number of rotatable bonds is 4. The first-order valence-corrected chi connectivity index (χ1v) is 8.07. The Morgan fingerprint density at radius 1 is 1.32 bits per heavy atom. The molecule has 0 atom stereocenters. The first-order chi connectivity index (χ1) is 12.0. The molecule has 0 radical (unpaired) electrons. The number of piperidine rings is 1. The highest BCUT2D eigenvalue weighted by atomic mass is 19.1. The van der Waals surface area contributed by atoms with Gasteiger partial charge in [0, 0.05) is 32.0 Å². The molecule has 1 aliphatic heterocycles. The number of hydrogen-bond acceptors (Lipinski definition) is 3. The minimum atomic E-state index is -0.812. The van der Waals surface area contributed by atoms with Crippen LogP contribution in [0, 0.1) is 11.7 Å². The van der Waals surface area contributed by atoms with E-state index >= 15 is 0 Å². The van der Waals surface area contributed by atoms with Gasteiger partial charge < -0.3 is 19.9 Å². The number of aliphatic carboxylic acids is 1. The molecule has 8 heteroatoms. The van der Waals surface area contributed by atoms with Crippen LogP contribution in [0.15, 0.2) is 36.9 Å². The van der Waals surface area contributed by atoms with Crippen LogP contribution in [0.25, 0.3) is 5.69 Å². The zero-order chi connectivity index (χ0) is 17.8. The number of amides is 2. The Morgan fingerprint density at radius 3 is 2.68 bits per heavy atom. The molecule has 1 fully saturated rings. The van der Waals surface area contributed by atoms with Crippen LogP contribution in [0.4, 0.5) is 9.18 Å². The minimum absolute atomic E-state index is 0.207. The number of likely N-dealkylation sites (tertiary alicyclic amines) is 1. The van der Waals surface area contributed by atoms with E-state index in [0.717, 1.165) is 0 Å². The predicted molar refractivity (Wildman–Crippen MR) is 87.7 cm³/mol. The number of carboxylic acid groups (broad SMARTS) is 1. The van der Waals surface area contributed by atoms with Crippen LogP contribution in [0.1, 0.15) is 18.4 Å². The fourth-order valence-electron chi connectivity index (χ4n) is 2.89. The van der Waals surface area contributed by atoms with E-state index in [-0.39, 0.29) is 18.5 Å². The Bertz CT molecular complexity index is 755. The maximum atomic E-state index is 14.2. The summed E-state index contributed by atoms with van der Waals surface area (Å²) in [6.07, 6.45) is 5.65. The maximum Gasteiger partial charge on any atom is 0.317 e. The standard InChI is InChI=1S/C17H19FN4O3/c18-14-9-12(1-2-15(14)22-8-5-19-11-22)10-20-17(25)21-6-3-13(4-7-21)16(23)24/h1-2,5,8-9,11,13H,3-4,6-7,10H2,(H,20,25)(H,23,24). The van der Waals surface area contributed by atoms with Gasteiger partial charge in [0.25, 0.3) is 0 Å². The van der Waals surface area contributed by atoms with Gasteiger partial charge in [-0.1, -0.05) is 6.07 Å². The molecule has 1 saturated heterocycles. The molecule has 3 rings (SSSR count). The van der Waals surface area contributed by atoms with Gasteiger partial charge in [-0.15, -0.1) is 0 Å². The normalized spacial score (nSPS) is 15.2. The van der Waals surface area contributed by atoms with Crippen molar-refractivity contribution in [1.82, 2.24) is 19.8 Å². The Hall–Kier alpha value is -2.90. The molecule has 132 valence electrons. The number of carbonyl (C=O) groups excluding carboxylic acids is 1. The van der Waals surface area contributed by atoms with Gasteiger partial charge in [-0.3, -0.25) is 4.79 Å². The smallest absolute Gasteiger partial charge is 0.317 e. The number of halogens is 1. The molecular formula is C17H19FN4O3. The van der Waals surface area contributed by atoms with E-state index in [4.69, 9.17) is 5.11 Å². The third-order valence-corrected chi connectivity index (χ3v) is 4.37. The second-order valence-corrected chi connectivity index (χ2v) is 6.01.